The summed E-state index contributed by atoms with van der Waals surface area (Å²) in [5.74, 6) is 1.85. The van der Waals surface area contributed by atoms with Gasteiger partial charge in [0.15, 0.2) is 5.60 Å². The van der Waals surface area contributed by atoms with Crippen LogP contribution < -0.4 is 5.32 Å². The minimum atomic E-state index is -1.25. The number of anilines is 1. The summed E-state index contributed by atoms with van der Waals surface area (Å²) >= 11 is 1.61. The molecule has 128 valence electrons. The number of carbonyl (C=O) groups is 1. The quantitative estimate of drug-likeness (QED) is 0.844. The van der Waals surface area contributed by atoms with E-state index in [9.17, 15) is 9.90 Å². The molecule has 1 fully saturated rings. The standard InChI is InChI=1S/C18H23N3O2S/c1-2-3-9-21-10-8-19-16(21)14-5-4-6-15(12-14)20-17(22)18(23)7-11-24-13-18/h4-6,8,10,12,23H,2-3,7,9,11,13H2,1H3,(H,20,22). The van der Waals surface area contributed by atoms with Crippen LogP contribution >= 0.6 is 11.8 Å². The summed E-state index contributed by atoms with van der Waals surface area (Å²) in [5.41, 5.74) is 0.398. The zero-order valence-electron chi connectivity index (χ0n) is 13.9. The van der Waals surface area contributed by atoms with E-state index in [1.807, 2.05) is 30.5 Å². The first-order valence-electron chi connectivity index (χ1n) is 8.35. The van der Waals surface area contributed by atoms with Gasteiger partial charge in [0, 0.05) is 35.9 Å². The van der Waals surface area contributed by atoms with E-state index in [0.717, 1.165) is 36.5 Å². The van der Waals surface area contributed by atoms with Crippen molar-refractivity contribution >= 4 is 23.4 Å². The molecule has 2 N–H and O–H groups in total. The van der Waals surface area contributed by atoms with Crippen LogP contribution in [0.15, 0.2) is 36.7 Å². The Balaban J connectivity index is 1.77. The summed E-state index contributed by atoms with van der Waals surface area (Å²) < 4.78 is 2.13. The molecule has 1 aromatic heterocycles. The average Bonchev–Trinajstić information content (AvgIpc) is 3.23. The number of rotatable bonds is 6. The number of aryl methyl sites for hydroxylation is 1. The molecule has 24 heavy (non-hydrogen) atoms. The van der Waals surface area contributed by atoms with E-state index in [1.54, 1.807) is 18.0 Å². The van der Waals surface area contributed by atoms with Crippen LogP contribution in [0.5, 0.6) is 0 Å². The molecule has 1 saturated heterocycles. The second-order valence-corrected chi connectivity index (χ2v) is 7.27. The van der Waals surface area contributed by atoms with E-state index in [4.69, 9.17) is 0 Å². The van der Waals surface area contributed by atoms with E-state index >= 15 is 0 Å². The maximum Gasteiger partial charge on any atom is 0.257 e. The molecule has 2 aromatic rings. The Labute approximate surface area is 146 Å². The molecule has 1 aliphatic heterocycles. The fraction of sp³-hybridized carbons (Fsp3) is 0.444. The molecule has 0 aliphatic carbocycles. The van der Waals surface area contributed by atoms with Crippen molar-refractivity contribution in [3.05, 3.63) is 36.7 Å². The normalized spacial score (nSPS) is 20.2. The van der Waals surface area contributed by atoms with Gasteiger partial charge in [-0.05, 0) is 30.7 Å². The predicted octanol–water partition coefficient (Wildman–Crippen LogP) is 3.16. The zero-order chi connectivity index (χ0) is 17.0. The van der Waals surface area contributed by atoms with Gasteiger partial charge in [-0.3, -0.25) is 4.79 Å². The molecule has 1 aliphatic rings. The molecular weight excluding hydrogens is 322 g/mol. The third kappa shape index (κ3) is 3.65. The summed E-state index contributed by atoms with van der Waals surface area (Å²) in [6.07, 6.45) is 6.52. The highest BCUT2D eigenvalue weighted by atomic mass is 32.2. The minimum absolute atomic E-state index is 0.320. The number of thioether (sulfide) groups is 1. The Kier molecular flexibility index (Phi) is 5.26. The monoisotopic (exact) mass is 345 g/mol. The van der Waals surface area contributed by atoms with Crippen LogP contribution in [0.3, 0.4) is 0 Å². The van der Waals surface area contributed by atoms with Crippen molar-refractivity contribution in [3.63, 3.8) is 0 Å². The number of imidazole rings is 1. The third-order valence-electron chi connectivity index (χ3n) is 4.27. The Morgan fingerprint density at radius 2 is 2.38 bits per heavy atom. The number of hydrogen-bond acceptors (Lipinski definition) is 4. The van der Waals surface area contributed by atoms with Crippen LogP contribution in [0.2, 0.25) is 0 Å². The van der Waals surface area contributed by atoms with Crippen LogP contribution in [0.1, 0.15) is 26.2 Å². The Morgan fingerprint density at radius 1 is 1.50 bits per heavy atom. The van der Waals surface area contributed by atoms with Crippen molar-refractivity contribution in [3.8, 4) is 11.4 Å². The van der Waals surface area contributed by atoms with Crippen LogP contribution in [-0.2, 0) is 11.3 Å². The summed E-state index contributed by atoms with van der Waals surface area (Å²) in [4.78, 5) is 16.8. The minimum Gasteiger partial charge on any atom is -0.379 e. The molecule has 3 rings (SSSR count). The highest BCUT2D eigenvalue weighted by molar-refractivity contribution is 7.99. The van der Waals surface area contributed by atoms with Gasteiger partial charge >= 0.3 is 0 Å². The molecule has 1 amide bonds. The first-order chi connectivity index (χ1) is 11.6. The molecule has 0 radical (unpaired) electrons. The lowest BCUT2D eigenvalue weighted by Crippen LogP contribution is -2.42. The summed E-state index contributed by atoms with van der Waals surface area (Å²) in [5, 5.41) is 13.2. The van der Waals surface area contributed by atoms with E-state index in [2.05, 4.69) is 21.8 Å². The molecule has 0 spiro atoms. The fourth-order valence-electron chi connectivity index (χ4n) is 2.80. The van der Waals surface area contributed by atoms with Gasteiger partial charge in [-0.15, -0.1) is 0 Å². The van der Waals surface area contributed by atoms with Crippen molar-refractivity contribution < 1.29 is 9.90 Å². The maximum absolute atomic E-state index is 12.3. The lowest BCUT2D eigenvalue weighted by Gasteiger charge is -2.20. The number of hydrogen-bond donors (Lipinski definition) is 2. The number of aromatic nitrogens is 2. The average molecular weight is 345 g/mol. The number of nitrogens with zero attached hydrogens (tertiary/aromatic N) is 2. The molecule has 1 aromatic carbocycles. The zero-order valence-corrected chi connectivity index (χ0v) is 14.7. The Hall–Kier alpha value is -1.79. The van der Waals surface area contributed by atoms with Crippen molar-refractivity contribution in [2.24, 2.45) is 0 Å². The van der Waals surface area contributed by atoms with Gasteiger partial charge in [0.05, 0.1) is 0 Å². The van der Waals surface area contributed by atoms with Gasteiger partial charge in [-0.1, -0.05) is 25.5 Å². The second kappa shape index (κ2) is 7.40. The molecule has 2 heterocycles. The largest absolute Gasteiger partial charge is 0.379 e. The van der Waals surface area contributed by atoms with Gasteiger partial charge in [-0.2, -0.15) is 11.8 Å². The first kappa shape index (κ1) is 17.0. The van der Waals surface area contributed by atoms with E-state index < -0.39 is 5.60 Å². The van der Waals surface area contributed by atoms with Crippen molar-refractivity contribution in [1.82, 2.24) is 9.55 Å². The highest BCUT2D eigenvalue weighted by Crippen LogP contribution is 2.29. The van der Waals surface area contributed by atoms with Crippen molar-refractivity contribution in [2.45, 2.75) is 38.3 Å². The number of carbonyl (C=O) groups excluding carboxylic acids is 1. The fourth-order valence-corrected chi connectivity index (χ4v) is 4.03. The van der Waals surface area contributed by atoms with Crippen LogP contribution in [-0.4, -0.2) is 37.7 Å². The highest BCUT2D eigenvalue weighted by Gasteiger charge is 2.39. The van der Waals surface area contributed by atoms with Gasteiger partial charge in [0.25, 0.3) is 5.91 Å². The Morgan fingerprint density at radius 3 is 3.12 bits per heavy atom. The first-order valence-corrected chi connectivity index (χ1v) is 9.51. The summed E-state index contributed by atoms with van der Waals surface area (Å²) in [7, 11) is 0. The number of amides is 1. The lowest BCUT2D eigenvalue weighted by molar-refractivity contribution is -0.131. The number of benzene rings is 1. The van der Waals surface area contributed by atoms with Crippen LogP contribution in [0.4, 0.5) is 5.69 Å². The topological polar surface area (TPSA) is 67.2 Å². The SMILES string of the molecule is CCCCn1ccnc1-c1cccc(NC(=O)C2(O)CCSC2)c1. The number of aliphatic hydroxyl groups is 1. The smallest absolute Gasteiger partial charge is 0.257 e. The van der Waals surface area contributed by atoms with Crippen molar-refractivity contribution in [1.29, 1.82) is 0 Å². The molecule has 0 saturated carbocycles. The van der Waals surface area contributed by atoms with E-state index in [0.29, 0.717) is 17.9 Å². The lowest BCUT2D eigenvalue weighted by atomic mass is 10.0. The van der Waals surface area contributed by atoms with Crippen LogP contribution in [0, 0.1) is 0 Å². The molecular formula is C18H23N3O2S. The Bertz CT molecular complexity index is 708. The van der Waals surface area contributed by atoms with Gasteiger partial charge in [-0.25, -0.2) is 4.98 Å². The molecule has 5 nitrogen and oxygen atoms in total. The van der Waals surface area contributed by atoms with Gasteiger partial charge < -0.3 is 15.0 Å². The number of unbranched alkanes of at least 4 members (excludes halogenated alkanes) is 1. The molecule has 1 unspecified atom stereocenters. The molecule has 0 bridgehead atoms. The summed E-state index contributed by atoms with van der Waals surface area (Å²) in [6.45, 7) is 3.10. The summed E-state index contributed by atoms with van der Waals surface area (Å²) in [6, 6.07) is 7.64. The third-order valence-corrected chi connectivity index (χ3v) is 5.44. The molecule has 1 atom stereocenters. The van der Waals surface area contributed by atoms with E-state index in [1.165, 1.54) is 0 Å². The molecule has 6 heteroatoms. The van der Waals surface area contributed by atoms with Crippen molar-refractivity contribution in [2.75, 3.05) is 16.8 Å². The van der Waals surface area contributed by atoms with E-state index in [-0.39, 0.29) is 5.91 Å². The maximum atomic E-state index is 12.3. The van der Waals surface area contributed by atoms with Crippen LogP contribution in [0.25, 0.3) is 11.4 Å². The second-order valence-electron chi connectivity index (χ2n) is 6.17. The van der Waals surface area contributed by atoms with Gasteiger partial charge in [0.2, 0.25) is 0 Å². The van der Waals surface area contributed by atoms with Gasteiger partial charge in [0.1, 0.15) is 5.82 Å². The predicted molar refractivity (Wildman–Crippen MR) is 98.1 cm³/mol. The number of nitrogens with one attached hydrogen (secondary N) is 1.